The molecule has 0 spiro atoms. The van der Waals surface area contributed by atoms with Gasteiger partial charge in [0.25, 0.3) is 0 Å². The van der Waals surface area contributed by atoms with Crippen LogP contribution in [0, 0.1) is 0 Å². The number of hydrogen-bond acceptors (Lipinski definition) is 8. The number of carbonyl (C=O) groups is 6. The Labute approximate surface area is 286 Å². The lowest BCUT2D eigenvalue weighted by molar-refractivity contribution is -0.148. The van der Waals surface area contributed by atoms with E-state index in [0.717, 1.165) is 12.5 Å². The quantitative estimate of drug-likeness (QED) is 0.202. The van der Waals surface area contributed by atoms with E-state index >= 15 is 0 Å². The first kappa shape index (κ1) is 40.9. The predicted octanol–water partition coefficient (Wildman–Crippen LogP) is 3.63. The molecule has 5 amide bonds. The third-order valence-corrected chi connectivity index (χ3v) is 7.25. The van der Waals surface area contributed by atoms with Crippen molar-refractivity contribution in [3.8, 4) is 0 Å². The van der Waals surface area contributed by atoms with Gasteiger partial charge in [0.1, 0.15) is 23.3 Å². The molecule has 1 aliphatic heterocycles. The van der Waals surface area contributed by atoms with Gasteiger partial charge in [-0.3, -0.25) is 19.2 Å². The van der Waals surface area contributed by atoms with Crippen molar-refractivity contribution >= 4 is 35.7 Å². The number of nitrogens with one attached hydrogen (secondary N) is 4. The van der Waals surface area contributed by atoms with Crippen LogP contribution in [0.1, 0.15) is 86.1 Å². The fraction of sp³-hybridized carbons (Fsp3) is 0.647. The van der Waals surface area contributed by atoms with E-state index in [2.05, 4.69) is 16.0 Å². The number of Topliss-reactive ketones (excluding diaryl/α,β-unsaturated/α-hetero) is 1. The Balaban J connectivity index is 2.21. The van der Waals surface area contributed by atoms with Crippen molar-refractivity contribution in [2.45, 2.75) is 122 Å². The number of ketones is 1. The number of rotatable bonds is 15. The number of amides is 5. The Morgan fingerprint density at radius 2 is 1.47 bits per heavy atom. The van der Waals surface area contributed by atoms with Gasteiger partial charge in [0.15, 0.2) is 0 Å². The second kappa shape index (κ2) is 17.9. The fourth-order valence-electron chi connectivity index (χ4n) is 5.10. The Kier molecular flexibility index (Phi) is 14.9. The molecule has 1 unspecified atom stereocenters. The van der Waals surface area contributed by atoms with Crippen molar-refractivity contribution in [3.63, 3.8) is 0 Å². The number of likely N-dealkylation sites (tertiary alicyclic amines) is 1. The summed E-state index contributed by atoms with van der Waals surface area (Å²) in [4.78, 5) is 77.8. The standard InChI is InChI=1S/C34H51F2N5O8/c1-22(42)38-21-34(35,36)27(43)24(16-11-12-18-37-30(46)48-32(2,3)4)39-28(44)26-17-13-19-41(26)29(45)25(20-23-14-9-8-10-15-23)40-31(47)49-33(5,6)7/h8-10,14-15,24-26H,11-13,16-21H2,1-7H3,(H,37,46)(H,38,42)(H,39,44)(H,40,47)/t24?,25-,26+/m1/s1. The monoisotopic (exact) mass is 695 g/mol. The molecule has 0 aliphatic carbocycles. The van der Waals surface area contributed by atoms with Crippen LogP contribution in [0.2, 0.25) is 0 Å². The normalized spacial score (nSPS) is 16.2. The molecule has 4 N–H and O–H groups in total. The average molecular weight is 696 g/mol. The third-order valence-electron chi connectivity index (χ3n) is 7.25. The second-order valence-corrected chi connectivity index (χ2v) is 14.0. The lowest BCUT2D eigenvalue weighted by Crippen LogP contribution is -2.58. The van der Waals surface area contributed by atoms with E-state index in [9.17, 15) is 37.5 Å². The molecule has 1 fully saturated rings. The highest BCUT2D eigenvalue weighted by atomic mass is 19.3. The molecule has 0 bridgehead atoms. The van der Waals surface area contributed by atoms with Crippen LogP contribution in [0.15, 0.2) is 30.3 Å². The minimum Gasteiger partial charge on any atom is -0.444 e. The molecular weight excluding hydrogens is 644 g/mol. The minimum absolute atomic E-state index is 0.0948. The van der Waals surface area contributed by atoms with E-state index < -0.39 is 77.5 Å². The highest BCUT2D eigenvalue weighted by Crippen LogP contribution is 2.23. The highest BCUT2D eigenvalue weighted by Gasteiger charge is 2.45. The van der Waals surface area contributed by atoms with Crippen LogP contribution in [-0.4, -0.2) is 95.5 Å². The highest BCUT2D eigenvalue weighted by molar-refractivity contribution is 5.97. The van der Waals surface area contributed by atoms with Crippen molar-refractivity contribution in [2.24, 2.45) is 0 Å². The summed E-state index contributed by atoms with van der Waals surface area (Å²) in [6.07, 6.45) is -0.530. The molecule has 15 heteroatoms. The Morgan fingerprint density at radius 1 is 0.857 bits per heavy atom. The molecule has 13 nitrogen and oxygen atoms in total. The van der Waals surface area contributed by atoms with Gasteiger partial charge in [-0.2, -0.15) is 8.78 Å². The number of unbranched alkanes of at least 4 members (excludes halogenated alkanes) is 1. The van der Waals surface area contributed by atoms with E-state index in [0.29, 0.717) is 6.42 Å². The van der Waals surface area contributed by atoms with Crippen LogP contribution in [0.4, 0.5) is 18.4 Å². The molecule has 0 aromatic heterocycles. The number of alkyl carbamates (subject to hydrolysis) is 2. The van der Waals surface area contributed by atoms with Gasteiger partial charge in [0, 0.05) is 26.4 Å². The Bertz CT molecular complexity index is 1310. The van der Waals surface area contributed by atoms with Crippen LogP contribution in [0.3, 0.4) is 0 Å². The summed E-state index contributed by atoms with van der Waals surface area (Å²) in [6.45, 7) is 10.2. The van der Waals surface area contributed by atoms with Crippen LogP contribution < -0.4 is 21.3 Å². The largest absolute Gasteiger partial charge is 0.444 e. The zero-order valence-corrected chi connectivity index (χ0v) is 29.5. The van der Waals surface area contributed by atoms with Crippen molar-refractivity contribution in [2.75, 3.05) is 19.6 Å². The number of ether oxygens (including phenoxy) is 2. The van der Waals surface area contributed by atoms with Gasteiger partial charge in [0.2, 0.25) is 23.5 Å². The van der Waals surface area contributed by atoms with Gasteiger partial charge in [-0.05, 0) is 79.2 Å². The molecule has 1 aliphatic rings. The Hall–Kier alpha value is -4.30. The topological polar surface area (TPSA) is 172 Å². The first-order chi connectivity index (χ1) is 22.7. The molecule has 0 radical (unpaired) electrons. The fourth-order valence-corrected chi connectivity index (χ4v) is 5.10. The van der Waals surface area contributed by atoms with Crippen molar-refractivity contribution in [1.29, 1.82) is 0 Å². The maximum absolute atomic E-state index is 14.9. The van der Waals surface area contributed by atoms with E-state index in [1.807, 2.05) is 5.32 Å². The summed E-state index contributed by atoms with van der Waals surface area (Å²) in [5.74, 6) is -7.73. The summed E-state index contributed by atoms with van der Waals surface area (Å²) in [5.41, 5.74) is -0.810. The summed E-state index contributed by atoms with van der Waals surface area (Å²) in [6, 6.07) is 5.07. The maximum atomic E-state index is 14.9. The van der Waals surface area contributed by atoms with Gasteiger partial charge >= 0.3 is 18.1 Å². The van der Waals surface area contributed by atoms with Crippen molar-refractivity contribution in [3.05, 3.63) is 35.9 Å². The van der Waals surface area contributed by atoms with Crippen LogP contribution >= 0.6 is 0 Å². The number of nitrogens with zero attached hydrogens (tertiary/aromatic N) is 1. The lowest BCUT2D eigenvalue weighted by Gasteiger charge is -2.31. The number of halogens is 2. The van der Waals surface area contributed by atoms with Crippen LogP contribution in [0.25, 0.3) is 0 Å². The molecule has 1 aromatic carbocycles. The molecule has 1 heterocycles. The van der Waals surface area contributed by atoms with E-state index in [-0.39, 0.29) is 45.2 Å². The van der Waals surface area contributed by atoms with Crippen LogP contribution in [-0.2, 0) is 35.1 Å². The smallest absolute Gasteiger partial charge is 0.408 e. The summed E-state index contributed by atoms with van der Waals surface area (Å²) in [7, 11) is 0. The molecule has 1 aromatic rings. The van der Waals surface area contributed by atoms with Gasteiger partial charge in [-0.15, -0.1) is 0 Å². The SMILES string of the molecule is CC(=O)NCC(F)(F)C(=O)C(CCCCNC(=O)OC(C)(C)C)NC(=O)[C@@H]1CCCN1C(=O)[C@@H](Cc1ccccc1)NC(=O)OC(C)(C)C. The van der Waals surface area contributed by atoms with Crippen molar-refractivity contribution in [1.82, 2.24) is 26.2 Å². The van der Waals surface area contributed by atoms with E-state index in [4.69, 9.17) is 9.47 Å². The van der Waals surface area contributed by atoms with Gasteiger partial charge < -0.3 is 35.6 Å². The van der Waals surface area contributed by atoms with Gasteiger partial charge in [-0.25, -0.2) is 9.59 Å². The molecular formula is C34H51F2N5O8. The second-order valence-electron chi connectivity index (χ2n) is 14.0. The molecule has 2 rings (SSSR count). The summed E-state index contributed by atoms with van der Waals surface area (Å²) in [5, 5.41) is 9.53. The maximum Gasteiger partial charge on any atom is 0.408 e. The average Bonchev–Trinajstić information content (AvgIpc) is 3.47. The van der Waals surface area contributed by atoms with E-state index in [1.165, 1.54) is 4.90 Å². The number of hydrogen-bond donors (Lipinski definition) is 4. The van der Waals surface area contributed by atoms with Gasteiger partial charge in [-0.1, -0.05) is 30.3 Å². The Morgan fingerprint density at radius 3 is 2.06 bits per heavy atom. The molecule has 274 valence electrons. The van der Waals surface area contributed by atoms with Crippen LogP contribution in [0.5, 0.6) is 0 Å². The number of carbonyl (C=O) groups excluding carboxylic acids is 6. The van der Waals surface area contributed by atoms with Gasteiger partial charge in [0.05, 0.1) is 12.6 Å². The first-order valence-electron chi connectivity index (χ1n) is 16.5. The molecule has 0 saturated carbocycles. The first-order valence-corrected chi connectivity index (χ1v) is 16.5. The summed E-state index contributed by atoms with van der Waals surface area (Å²) >= 11 is 0. The predicted molar refractivity (Wildman–Crippen MR) is 177 cm³/mol. The minimum atomic E-state index is -4.00. The molecule has 3 atom stereocenters. The number of alkyl halides is 2. The van der Waals surface area contributed by atoms with Crippen molar-refractivity contribution < 1.29 is 47.0 Å². The lowest BCUT2D eigenvalue weighted by atomic mass is 9.99. The zero-order chi connectivity index (χ0) is 37.0. The zero-order valence-electron chi connectivity index (χ0n) is 29.5. The molecule has 49 heavy (non-hydrogen) atoms. The molecule has 1 saturated heterocycles. The third kappa shape index (κ3) is 14.8. The summed E-state index contributed by atoms with van der Waals surface area (Å²) < 4.78 is 40.4. The van der Waals surface area contributed by atoms with E-state index in [1.54, 1.807) is 71.9 Å². The number of benzene rings is 1.